The number of nitrogens with zero attached hydrogens (tertiary/aromatic N) is 3. The summed E-state index contributed by atoms with van der Waals surface area (Å²) in [5.74, 6) is 0.247. The third kappa shape index (κ3) is 2.28. The highest BCUT2D eigenvalue weighted by molar-refractivity contribution is 7.09. The third-order valence-electron chi connectivity index (χ3n) is 3.75. The van der Waals surface area contributed by atoms with Crippen LogP contribution in [0.3, 0.4) is 0 Å². The van der Waals surface area contributed by atoms with Gasteiger partial charge >= 0.3 is 0 Å². The van der Waals surface area contributed by atoms with Gasteiger partial charge in [-0.25, -0.2) is 9.97 Å². The fraction of sp³-hybridized carbons (Fsp3) is 0.462. The summed E-state index contributed by atoms with van der Waals surface area (Å²) in [5, 5.41) is 3.17. The number of thiazole rings is 1. The van der Waals surface area contributed by atoms with E-state index in [0.29, 0.717) is 5.76 Å². The number of piperidine rings is 1. The number of likely N-dealkylation sites (tertiary alicyclic amines) is 1. The van der Waals surface area contributed by atoms with Gasteiger partial charge in [0.2, 0.25) is 5.76 Å². The van der Waals surface area contributed by atoms with Gasteiger partial charge < -0.3 is 9.32 Å². The van der Waals surface area contributed by atoms with Crippen molar-refractivity contribution in [1.82, 2.24) is 14.9 Å². The number of carbonyl (C=O) groups is 1. The van der Waals surface area contributed by atoms with Gasteiger partial charge in [-0.3, -0.25) is 4.79 Å². The number of hydrogen-bond acceptors (Lipinski definition) is 5. The zero-order valence-corrected chi connectivity index (χ0v) is 11.5. The number of aromatic nitrogens is 2. The highest BCUT2D eigenvalue weighted by Gasteiger charge is 2.35. The topological polar surface area (TPSA) is 59.2 Å². The van der Waals surface area contributed by atoms with Crippen molar-refractivity contribution in [3.05, 3.63) is 34.9 Å². The molecule has 0 aliphatic carbocycles. The minimum absolute atomic E-state index is 0.0707. The van der Waals surface area contributed by atoms with Gasteiger partial charge in [0.15, 0.2) is 6.39 Å². The molecule has 5 nitrogen and oxygen atoms in total. The Morgan fingerprint density at radius 3 is 2.84 bits per heavy atom. The maximum atomic E-state index is 12.1. The second-order valence-electron chi connectivity index (χ2n) is 5.06. The molecular formula is C13H15N3O2S. The van der Waals surface area contributed by atoms with Crippen molar-refractivity contribution in [1.29, 1.82) is 0 Å². The lowest BCUT2D eigenvalue weighted by atomic mass is 9.81. The lowest BCUT2D eigenvalue weighted by molar-refractivity contribution is 0.0644. The number of carbonyl (C=O) groups excluding carboxylic acids is 1. The molecule has 3 heterocycles. The molecule has 1 amide bonds. The van der Waals surface area contributed by atoms with Crippen molar-refractivity contribution in [2.24, 2.45) is 0 Å². The number of amides is 1. The maximum Gasteiger partial charge on any atom is 0.291 e. The molecule has 0 aromatic carbocycles. The first-order chi connectivity index (χ1) is 9.19. The molecule has 0 bridgehead atoms. The average Bonchev–Trinajstić information content (AvgIpc) is 3.12. The van der Waals surface area contributed by atoms with Gasteiger partial charge in [-0.15, -0.1) is 11.3 Å². The molecule has 0 spiro atoms. The van der Waals surface area contributed by atoms with Crippen molar-refractivity contribution in [3.63, 3.8) is 0 Å². The Balaban J connectivity index is 1.68. The molecule has 6 heteroatoms. The van der Waals surface area contributed by atoms with Gasteiger partial charge in [-0.2, -0.15) is 0 Å². The van der Waals surface area contributed by atoms with Crippen LogP contribution in [0.4, 0.5) is 0 Å². The van der Waals surface area contributed by atoms with E-state index in [2.05, 4.69) is 16.9 Å². The Morgan fingerprint density at radius 2 is 2.26 bits per heavy atom. The van der Waals surface area contributed by atoms with Gasteiger partial charge in [-0.05, 0) is 12.8 Å². The van der Waals surface area contributed by atoms with E-state index < -0.39 is 0 Å². The molecule has 0 atom stereocenters. The van der Waals surface area contributed by atoms with Crippen LogP contribution in [0.15, 0.2) is 28.6 Å². The lowest BCUT2D eigenvalue weighted by Crippen LogP contribution is -2.43. The molecule has 0 radical (unpaired) electrons. The summed E-state index contributed by atoms with van der Waals surface area (Å²) < 4.78 is 5.06. The second kappa shape index (κ2) is 4.77. The summed E-state index contributed by atoms with van der Waals surface area (Å²) in [6, 6.07) is 0. The Labute approximate surface area is 115 Å². The van der Waals surface area contributed by atoms with Crippen molar-refractivity contribution in [3.8, 4) is 0 Å². The fourth-order valence-corrected chi connectivity index (χ4v) is 3.28. The predicted octanol–water partition coefficient (Wildman–Crippen LogP) is 2.33. The second-order valence-corrected chi connectivity index (χ2v) is 5.95. The van der Waals surface area contributed by atoms with Crippen LogP contribution in [-0.2, 0) is 5.41 Å². The molecule has 1 fully saturated rings. The summed E-state index contributed by atoms with van der Waals surface area (Å²) in [6.07, 6.45) is 6.46. The Bertz CT molecular complexity index is 542. The van der Waals surface area contributed by atoms with E-state index in [0.717, 1.165) is 25.9 Å². The summed E-state index contributed by atoms with van der Waals surface area (Å²) in [6.45, 7) is 3.69. The van der Waals surface area contributed by atoms with Crippen LogP contribution in [0.25, 0.3) is 0 Å². The molecule has 19 heavy (non-hydrogen) atoms. The highest BCUT2D eigenvalue weighted by Crippen LogP contribution is 2.36. The maximum absolute atomic E-state index is 12.1. The van der Waals surface area contributed by atoms with Crippen LogP contribution in [0.5, 0.6) is 0 Å². The third-order valence-corrected chi connectivity index (χ3v) is 4.83. The van der Waals surface area contributed by atoms with E-state index in [1.807, 2.05) is 16.5 Å². The van der Waals surface area contributed by atoms with E-state index >= 15 is 0 Å². The van der Waals surface area contributed by atoms with Crippen molar-refractivity contribution < 1.29 is 9.21 Å². The van der Waals surface area contributed by atoms with E-state index in [9.17, 15) is 4.79 Å². The molecule has 1 aliphatic rings. The van der Waals surface area contributed by atoms with Gasteiger partial charge in [0.05, 0.1) is 11.2 Å². The molecule has 0 N–H and O–H groups in total. The van der Waals surface area contributed by atoms with Gasteiger partial charge in [-0.1, -0.05) is 6.92 Å². The fourth-order valence-electron chi connectivity index (χ4n) is 2.42. The first-order valence-corrected chi connectivity index (χ1v) is 7.15. The summed E-state index contributed by atoms with van der Waals surface area (Å²) in [5.41, 5.74) is 0.0896. The summed E-state index contributed by atoms with van der Waals surface area (Å²) in [7, 11) is 0. The predicted molar refractivity (Wildman–Crippen MR) is 71.1 cm³/mol. The first kappa shape index (κ1) is 12.3. The average molecular weight is 277 g/mol. The van der Waals surface area contributed by atoms with Crippen LogP contribution in [-0.4, -0.2) is 33.9 Å². The van der Waals surface area contributed by atoms with Gasteiger partial charge in [0, 0.05) is 30.1 Å². The molecule has 1 saturated heterocycles. The quantitative estimate of drug-likeness (QED) is 0.845. The van der Waals surface area contributed by atoms with Crippen LogP contribution in [0.2, 0.25) is 0 Å². The summed E-state index contributed by atoms with van der Waals surface area (Å²) >= 11 is 1.69. The van der Waals surface area contributed by atoms with Gasteiger partial charge in [0.1, 0.15) is 0 Å². The SMILES string of the molecule is CC1(c2nccs2)CCN(C(=O)c2cnco2)CC1. The zero-order valence-electron chi connectivity index (χ0n) is 10.7. The van der Waals surface area contributed by atoms with E-state index in [-0.39, 0.29) is 11.3 Å². The molecular weight excluding hydrogens is 262 g/mol. The zero-order chi connectivity index (χ0) is 13.3. The Morgan fingerprint density at radius 1 is 1.47 bits per heavy atom. The molecule has 0 saturated carbocycles. The first-order valence-electron chi connectivity index (χ1n) is 6.27. The Hall–Kier alpha value is -1.69. The molecule has 0 unspecified atom stereocenters. The van der Waals surface area contributed by atoms with Crippen LogP contribution in [0.1, 0.15) is 35.3 Å². The molecule has 2 aromatic heterocycles. The monoisotopic (exact) mass is 277 g/mol. The smallest absolute Gasteiger partial charge is 0.291 e. The largest absolute Gasteiger partial charge is 0.438 e. The van der Waals surface area contributed by atoms with E-state index in [4.69, 9.17) is 4.42 Å². The van der Waals surface area contributed by atoms with Gasteiger partial charge in [0.25, 0.3) is 5.91 Å². The van der Waals surface area contributed by atoms with E-state index in [1.54, 1.807) is 11.3 Å². The minimum Gasteiger partial charge on any atom is -0.438 e. The minimum atomic E-state index is -0.0707. The van der Waals surface area contributed by atoms with Crippen molar-refractivity contribution in [2.45, 2.75) is 25.2 Å². The van der Waals surface area contributed by atoms with E-state index in [1.165, 1.54) is 17.6 Å². The van der Waals surface area contributed by atoms with Crippen molar-refractivity contribution >= 4 is 17.2 Å². The van der Waals surface area contributed by atoms with Crippen molar-refractivity contribution in [2.75, 3.05) is 13.1 Å². The number of hydrogen-bond donors (Lipinski definition) is 0. The molecule has 100 valence electrons. The molecule has 1 aliphatic heterocycles. The number of rotatable bonds is 2. The summed E-state index contributed by atoms with van der Waals surface area (Å²) in [4.78, 5) is 22.2. The van der Waals surface area contributed by atoms with Crippen LogP contribution >= 0.6 is 11.3 Å². The Kier molecular flexibility index (Phi) is 3.10. The van der Waals surface area contributed by atoms with Crippen LogP contribution in [0, 0.1) is 0 Å². The molecule has 3 rings (SSSR count). The van der Waals surface area contributed by atoms with Crippen LogP contribution < -0.4 is 0 Å². The highest BCUT2D eigenvalue weighted by atomic mass is 32.1. The molecule has 2 aromatic rings. The number of oxazole rings is 1. The lowest BCUT2D eigenvalue weighted by Gasteiger charge is -2.37. The normalized spacial score (nSPS) is 18.5. The standard InChI is InChI=1S/C13H15N3O2S/c1-13(12-15-4-7-19-12)2-5-16(6-3-13)11(17)10-8-14-9-18-10/h4,7-9H,2-3,5-6H2,1H3.